The molecule has 0 spiro atoms. The highest BCUT2D eigenvalue weighted by Crippen LogP contribution is 2.09. The largest absolute Gasteiger partial charge is 0.364 e. The van der Waals surface area contributed by atoms with E-state index in [-0.39, 0.29) is 11.8 Å². The quantitative estimate of drug-likeness (QED) is 0.780. The van der Waals surface area contributed by atoms with E-state index >= 15 is 0 Å². The Morgan fingerprint density at radius 2 is 2.40 bits per heavy atom. The van der Waals surface area contributed by atoms with Crippen molar-refractivity contribution in [2.75, 3.05) is 0 Å². The molecule has 1 aromatic heterocycles. The molecule has 0 saturated heterocycles. The molecular weight excluding hydrogens is 190 g/mol. The van der Waals surface area contributed by atoms with E-state index in [0.717, 1.165) is 5.69 Å². The number of H-pyrrole nitrogens is 1. The van der Waals surface area contributed by atoms with Crippen molar-refractivity contribution in [3.63, 3.8) is 0 Å². The van der Waals surface area contributed by atoms with E-state index in [1.165, 1.54) is 0 Å². The Balaban J connectivity index is 2.46. The summed E-state index contributed by atoms with van der Waals surface area (Å²) in [4.78, 5) is 14.5. The summed E-state index contributed by atoms with van der Waals surface area (Å²) in [6.45, 7) is 4.17. The third kappa shape index (κ3) is 3.13. The van der Waals surface area contributed by atoms with Gasteiger partial charge in [-0.2, -0.15) is 5.26 Å². The number of hydrogen-bond donors (Lipinski definition) is 2. The fraction of sp³-hybridized carbons (Fsp3) is 0.455. The zero-order chi connectivity index (χ0) is 11.3. The summed E-state index contributed by atoms with van der Waals surface area (Å²) in [5.41, 5.74) is 0.934. The summed E-state index contributed by atoms with van der Waals surface area (Å²) in [5.74, 6) is -0.735. The lowest BCUT2D eigenvalue weighted by molar-refractivity contribution is -0.124. The normalized spacial score (nSPS) is 12.1. The highest BCUT2D eigenvalue weighted by atomic mass is 16.1. The molecule has 1 rings (SSSR count). The molecule has 0 aliphatic carbocycles. The van der Waals surface area contributed by atoms with Crippen LogP contribution in [0.3, 0.4) is 0 Å². The van der Waals surface area contributed by atoms with Crippen molar-refractivity contribution in [3.8, 4) is 6.07 Å². The fourth-order valence-corrected chi connectivity index (χ4v) is 1.28. The molecule has 0 saturated carbocycles. The number of nitriles is 1. The monoisotopic (exact) mass is 205 g/mol. The van der Waals surface area contributed by atoms with E-state index in [4.69, 9.17) is 5.26 Å². The van der Waals surface area contributed by atoms with Crippen molar-refractivity contribution >= 4 is 5.91 Å². The third-order valence-electron chi connectivity index (χ3n) is 2.20. The molecule has 1 aromatic rings. The van der Waals surface area contributed by atoms with Gasteiger partial charge < -0.3 is 10.3 Å². The van der Waals surface area contributed by atoms with Gasteiger partial charge in [0.15, 0.2) is 0 Å². The van der Waals surface area contributed by atoms with Crippen LogP contribution in [0.4, 0.5) is 0 Å². The number of carbonyl (C=O) groups excluding carboxylic acids is 1. The van der Waals surface area contributed by atoms with Crippen molar-refractivity contribution in [2.45, 2.75) is 20.4 Å². The van der Waals surface area contributed by atoms with Crippen LogP contribution in [0.2, 0.25) is 0 Å². The van der Waals surface area contributed by atoms with Gasteiger partial charge in [-0.25, -0.2) is 0 Å². The van der Waals surface area contributed by atoms with Crippen LogP contribution in [0.1, 0.15) is 19.5 Å². The van der Waals surface area contributed by atoms with Gasteiger partial charge in [-0.15, -0.1) is 0 Å². The predicted molar refractivity (Wildman–Crippen MR) is 56.6 cm³/mol. The summed E-state index contributed by atoms with van der Waals surface area (Å²) in [6.07, 6.45) is 1.80. The molecule has 2 N–H and O–H groups in total. The predicted octanol–water partition coefficient (Wildman–Crippen LogP) is 1.43. The third-order valence-corrected chi connectivity index (χ3v) is 2.20. The number of nitrogens with one attached hydrogen (secondary N) is 2. The molecule has 0 bridgehead atoms. The van der Waals surface area contributed by atoms with Crippen molar-refractivity contribution in [3.05, 3.63) is 24.0 Å². The highest BCUT2D eigenvalue weighted by Gasteiger charge is 2.20. The van der Waals surface area contributed by atoms with Gasteiger partial charge in [-0.3, -0.25) is 4.79 Å². The molecule has 4 nitrogen and oxygen atoms in total. The van der Waals surface area contributed by atoms with Gasteiger partial charge >= 0.3 is 0 Å². The van der Waals surface area contributed by atoms with E-state index in [9.17, 15) is 4.79 Å². The highest BCUT2D eigenvalue weighted by molar-refractivity contribution is 5.81. The molecule has 0 aromatic carbocycles. The summed E-state index contributed by atoms with van der Waals surface area (Å²) in [5, 5.41) is 11.5. The van der Waals surface area contributed by atoms with Gasteiger partial charge in [0, 0.05) is 11.9 Å². The van der Waals surface area contributed by atoms with Crippen LogP contribution in [0.25, 0.3) is 0 Å². The molecule has 0 aliphatic rings. The first-order valence-corrected chi connectivity index (χ1v) is 4.94. The maximum Gasteiger partial charge on any atom is 0.237 e. The molecule has 15 heavy (non-hydrogen) atoms. The zero-order valence-corrected chi connectivity index (χ0v) is 8.95. The molecule has 0 fully saturated rings. The molecule has 4 heteroatoms. The summed E-state index contributed by atoms with van der Waals surface area (Å²) >= 11 is 0. The van der Waals surface area contributed by atoms with E-state index in [1.54, 1.807) is 6.20 Å². The van der Waals surface area contributed by atoms with Crippen molar-refractivity contribution in [1.29, 1.82) is 5.26 Å². The smallest absolute Gasteiger partial charge is 0.237 e. The standard InChI is InChI=1S/C11H15N3O/c1-8(2)10(6-12)11(15)14-7-9-4-3-5-13-9/h3-5,8,10,13H,7H2,1-2H3,(H,14,15). The molecular formula is C11H15N3O. The number of nitrogens with zero attached hydrogens (tertiary/aromatic N) is 1. The molecule has 1 unspecified atom stereocenters. The maximum atomic E-state index is 11.6. The number of aromatic nitrogens is 1. The van der Waals surface area contributed by atoms with Crippen molar-refractivity contribution in [2.24, 2.45) is 11.8 Å². The molecule has 0 radical (unpaired) electrons. The Bertz CT molecular complexity index is 348. The lowest BCUT2D eigenvalue weighted by Gasteiger charge is -2.12. The maximum absolute atomic E-state index is 11.6. The summed E-state index contributed by atoms with van der Waals surface area (Å²) in [7, 11) is 0. The van der Waals surface area contributed by atoms with E-state index in [2.05, 4.69) is 10.3 Å². The second-order valence-electron chi connectivity index (χ2n) is 3.76. The average molecular weight is 205 g/mol. The second-order valence-corrected chi connectivity index (χ2v) is 3.76. The molecule has 80 valence electrons. The van der Waals surface area contributed by atoms with Crippen LogP contribution in [0.15, 0.2) is 18.3 Å². The van der Waals surface area contributed by atoms with Crippen LogP contribution in [-0.4, -0.2) is 10.9 Å². The van der Waals surface area contributed by atoms with Crippen molar-refractivity contribution in [1.82, 2.24) is 10.3 Å². The van der Waals surface area contributed by atoms with Gasteiger partial charge in [0.1, 0.15) is 5.92 Å². The van der Waals surface area contributed by atoms with E-state index in [0.29, 0.717) is 6.54 Å². The van der Waals surface area contributed by atoms with Crippen LogP contribution < -0.4 is 5.32 Å². The minimum atomic E-state index is -0.569. The number of aromatic amines is 1. The first-order chi connectivity index (χ1) is 7.15. The lowest BCUT2D eigenvalue weighted by atomic mass is 9.97. The van der Waals surface area contributed by atoms with Gasteiger partial charge in [0.25, 0.3) is 0 Å². The zero-order valence-electron chi connectivity index (χ0n) is 8.95. The van der Waals surface area contributed by atoms with Crippen LogP contribution >= 0.6 is 0 Å². The summed E-state index contributed by atoms with van der Waals surface area (Å²) in [6, 6.07) is 5.76. The first kappa shape index (κ1) is 11.3. The summed E-state index contributed by atoms with van der Waals surface area (Å²) < 4.78 is 0. The number of hydrogen-bond acceptors (Lipinski definition) is 2. The van der Waals surface area contributed by atoms with Gasteiger partial charge in [-0.05, 0) is 18.1 Å². The SMILES string of the molecule is CC(C)C(C#N)C(=O)NCc1ccc[nH]1. The molecule has 1 amide bonds. The topological polar surface area (TPSA) is 68.7 Å². The van der Waals surface area contributed by atoms with E-state index < -0.39 is 5.92 Å². The van der Waals surface area contributed by atoms with Crippen LogP contribution in [-0.2, 0) is 11.3 Å². The molecule has 0 aliphatic heterocycles. The minimum Gasteiger partial charge on any atom is -0.364 e. The van der Waals surface area contributed by atoms with Crippen LogP contribution in [0, 0.1) is 23.2 Å². The number of amides is 1. The number of rotatable bonds is 4. The Hall–Kier alpha value is -1.76. The Morgan fingerprint density at radius 1 is 1.67 bits per heavy atom. The molecule has 1 atom stereocenters. The van der Waals surface area contributed by atoms with Gasteiger partial charge in [0.05, 0.1) is 12.6 Å². The average Bonchev–Trinajstić information content (AvgIpc) is 2.67. The fourth-order valence-electron chi connectivity index (χ4n) is 1.28. The Morgan fingerprint density at radius 3 is 2.87 bits per heavy atom. The lowest BCUT2D eigenvalue weighted by Crippen LogP contribution is -2.32. The first-order valence-electron chi connectivity index (χ1n) is 4.94. The van der Waals surface area contributed by atoms with Crippen LogP contribution in [0.5, 0.6) is 0 Å². The minimum absolute atomic E-state index is 0.0404. The molecule has 1 heterocycles. The van der Waals surface area contributed by atoms with Crippen molar-refractivity contribution < 1.29 is 4.79 Å². The van der Waals surface area contributed by atoms with Gasteiger partial charge in [-0.1, -0.05) is 13.8 Å². The Kier molecular flexibility index (Phi) is 3.92. The number of carbonyl (C=O) groups is 1. The Labute approximate surface area is 89.3 Å². The van der Waals surface area contributed by atoms with E-state index in [1.807, 2.05) is 32.0 Å². The van der Waals surface area contributed by atoms with Gasteiger partial charge in [0.2, 0.25) is 5.91 Å². The second kappa shape index (κ2) is 5.20.